The number of benzene rings is 1. The molecule has 5 heteroatoms. The first kappa shape index (κ1) is 14.1. The van der Waals surface area contributed by atoms with Crippen molar-refractivity contribution in [1.29, 1.82) is 0 Å². The molecule has 1 amide bonds. The van der Waals surface area contributed by atoms with Crippen molar-refractivity contribution >= 4 is 33.2 Å². The van der Waals surface area contributed by atoms with E-state index in [1.165, 1.54) is 0 Å². The molecule has 0 aliphatic carbocycles. The van der Waals surface area contributed by atoms with Gasteiger partial charge in [-0.25, -0.2) is 0 Å². The predicted octanol–water partition coefficient (Wildman–Crippen LogP) is 3.59. The Hall–Kier alpha value is -1.33. The second-order valence-corrected chi connectivity index (χ2v) is 5.96. The smallest absolute Gasteiger partial charge is 0.261 e. The van der Waals surface area contributed by atoms with Crippen molar-refractivity contribution in [2.75, 3.05) is 0 Å². The van der Waals surface area contributed by atoms with Crippen LogP contribution in [0.1, 0.15) is 11.8 Å². The van der Waals surface area contributed by atoms with Crippen molar-refractivity contribution in [3.05, 3.63) is 51.1 Å². The number of ether oxygens (including phenoxy) is 1. The van der Waals surface area contributed by atoms with E-state index in [4.69, 9.17) is 4.74 Å². The van der Waals surface area contributed by atoms with Gasteiger partial charge in [-0.2, -0.15) is 0 Å². The van der Waals surface area contributed by atoms with Crippen LogP contribution in [0.2, 0.25) is 0 Å². The number of carbonyl (C=O) groups excluding carboxylic acids is 1. The van der Waals surface area contributed by atoms with Gasteiger partial charge in [0.1, 0.15) is 5.75 Å². The molecule has 19 heavy (non-hydrogen) atoms. The first-order valence-electron chi connectivity index (χ1n) is 5.87. The molecule has 1 N–H and O–H groups in total. The van der Waals surface area contributed by atoms with Gasteiger partial charge in [0, 0.05) is 9.35 Å². The first-order chi connectivity index (χ1) is 9.15. The SMILES string of the molecule is C[C@@H](Oc1ccc(Br)cc1)C(=O)NCc1cccs1. The fourth-order valence-corrected chi connectivity index (χ4v) is 2.41. The summed E-state index contributed by atoms with van der Waals surface area (Å²) in [6.07, 6.45) is -0.513. The minimum absolute atomic E-state index is 0.115. The number of carbonyl (C=O) groups is 1. The average molecular weight is 340 g/mol. The van der Waals surface area contributed by atoms with E-state index in [-0.39, 0.29) is 5.91 Å². The third-order valence-electron chi connectivity index (χ3n) is 2.51. The Morgan fingerprint density at radius 2 is 2.11 bits per heavy atom. The van der Waals surface area contributed by atoms with Gasteiger partial charge in [0.05, 0.1) is 6.54 Å². The van der Waals surface area contributed by atoms with Gasteiger partial charge in [0.15, 0.2) is 6.10 Å². The maximum atomic E-state index is 11.9. The monoisotopic (exact) mass is 339 g/mol. The molecule has 0 radical (unpaired) electrons. The number of halogens is 1. The van der Waals surface area contributed by atoms with Crippen LogP contribution in [0.25, 0.3) is 0 Å². The van der Waals surface area contributed by atoms with Gasteiger partial charge in [-0.1, -0.05) is 22.0 Å². The van der Waals surface area contributed by atoms with Crippen LogP contribution in [-0.2, 0) is 11.3 Å². The van der Waals surface area contributed by atoms with Crippen LogP contribution in [-0.4, -0.2) is 12.0 Å². The van der Waals surface area contributed by atoms with Crippen molar-refractivity contribution in [1.82, 2.24) is 5.32 Å². The molecule has 0 aliphatic rings. The molecule has 1 aromatic carbocycles. The lowest BCUT2D eigenvalue weighted by Crippen LogP contribution is -2.35. The molecule has 0 unspecified atom stereocenters. The highest BCUT2D eigenvalue weighted by Crippen LogP contribution is 2.17. The summed E-state index contributed by atoms with van der Waals surface area (Å²) >= 11 is 4.98. The molecule has 2 rings (SSSR count). The zero-order chi connectivity index (χ0) is 13.7. The van der Waals surface area contributed by atoms with Gasteiger partial charge >= 0.3 is 0 Å². The van der Waals surface area contributed by atoms with Crippen LogP contribution in [0.4, 0.5) is 0 Å². The van der Waals surface area contributed by atoms with Crippen molar-refractivity contribution in [2.45, 2.75) is 19.6 Å². The zero-order valence-corrected chi connectivity index (χ0v) is 12.8. The minimum Gasteiger partial charge on any atom is -0.481 e. The van der Waals surface area contributed by atoms with Gasteiger partial charge in [-0.15, -0.1) is 11.3 Å². The summed E-state index contributed by atoms with van der Waals surface area (Å²) in [6, 6.07) is 11.4. The fraction of sp³-hybridized carbons (Fsp3) is 0.214. The number of rotatable bonds is 5. The molecule has 1 atom stereocenters. The molecular formula is C14H14BrNO2S. The Morgan fingerprint density at radius 3 is 2.74 bits per heavy atom. The molecule has 100 valence electrons. The van der Waals surface area contributed by atoms with E-state index in [0.29, 0.717) is 12.3 Å². The van der Waals surface area contributed by atoms with Crippen LogP contribution in [0.15, 0.2) is 46.3 Å². The van der Waals surface area contributed by atoms with E-state index in [2.05, 4.69) is 21.2 Å². The van der Waals surface area contributed by atoms with Crippen molar-refractivity contribution in [2.24, 2.45) is 0 Å². The Balaban J connectivity index is 1.83. The lowest BCUT2D eigenvalue weighted by Gasteiger charge is -2.14. The Kier molecular flexibility index (Phi) is 4.99. The summed E-state index contributed by atoms with van der Waals surface area (Å²) in [6.45, 7) is 2.29. The zero-order valence-electron chi connectivity index (χ0n) is 10.4. The quantitative estimate of drug-likeness (QED) is 0.903. The molecule has 0 saturated heterocycles. The summed E-state index contributed by atoms with van der Waals surface area (Å²) in [5.41, 5.74) is 0. The van der Waals surface area contributed by atoms with Crippen LogP contribution in [0, 0.1) is 0 Å². The highest BCUT2D eigenvalue weighted by Gasteiger charge is 2.14. The lowest BCUT2D eigenvalue weighted by molar-refractivity contribution is -0.127. The number of hydrogen-bond acceptors (Lipinski definition) is 3. The topological polar surface area (TPSA) is 38.3 Å². The van der Waals surface area contributed by atoms with E-state index in [9.17, 15) is 4.79 Å². The number of thiophene rings is 1. The van der Waals surface area contributed by atoms with E-state index < -0.39 is 6.10 Å². The van der Waals surface area contributed by atoms with E-state index >= 15 is 0 Å². The summed E-state index contributed by atoms with van der Waals surface area (Å²) in [7, 11) is 0. The first-order valence-corrected chi connectivity index (χ1v) is 7.55. The van der Waals surface area contributed by atoms with E-state index in [1.54, 1.807) is 18.3 Å². The standard InChI is InChI=1S/C14H14BrNO2S/c1-10(18-12-6-4-11(15)5-7-12)14(17)16-9-13-3-2-8-19-13/h2-8,10H,9H2,1H3,(H,16,17)/t10-/m1/s1. The van der Waals surface area contributed by atoms with Gasteiger partial charge in [-0.05, 0) is 42.6 Å². The van der Waals surface area contributed by atoms with Crippen LogP contribution in [0.3, 0.4) is 0 Å². The van der Waals surface area contributed by atoms with Gasteiger partial charge < -0.3 is 10.1 Å². The largest absolute Gasteiger partial charge is 0.481 e. The molecule has 0 bridgehead atoms. The summed E-state index contributed by atoms with van der Waals surface area (Å²) in [5.74, 6) is 0.568. The number of hydrogen-bond donors (Lipinski definition) is 1. The molecule has 0 saturated carbocycles. The summed E-state index contributed by atoms with van der Waals surface area (Å²) in [5, 5.41) is 4.84. The van der Waals surface area contributed by atoms with Crippen LogP contribution in [0.5, 0.6) is 5.75 Å². The second kappa shape index (κ2) is 6.73. The van der Waals surface area contributed by atoms with Gasteiger partial charge in [0.2, 0.25) is 0 Å². The lowest BCUT2D eigenvalue weighted by atomic mass is 10.3. The van der Waals surface area contributed by atoms with Crippen LogP contribution >= 0.6 is 27.3 Å². The highest BCUT2D eigenvalue weighted by molar-refractivity contribution is 9.10. The molecule has 0 aliphatic heterocycles. The highest BCUT2D eigenvalue weighted by atomic mass is 79.9. The fourth-order valence-electron chi connectivity index (χ4n) is 1.50. The normalized spacial score (nSPS) is 11.9. The Morgan fingerprint density at radius 1 is 1.37 bits per heavy atom. The Labute approximate surface area is 124 Å². The maximum absolute atomic E-state index is 11.9. The predicted molar refractivity (Wildman–Crippen MR) is 80.4 cm³/mol. The molecule has 3 nitrogen and oxygen atoms in total. The third-order valence-corrected chi connectivity index (χ3v) is 3.92. The molecule has 1 heterocycles. The number of amides is 1. The molecular weight excluding hydrogens is 326 g/mol. The van der Waals surface area contributed by atoms with E-state index in [1.807, 2.05) is 41.8 Å². The minimum atomic E-state index is -0.513. The molecule has 0 spiro atoms. The van der Waals surface area contributed by atoms with Crippen LogP contribution < -0.4 is 10.1 Å². The Bertz CT molecular complexity index is 525. The van der Waals surface area contributed by atoms with Crippen molar-refractivity contribution in [3.8, 4) is 5.75 Å². The van der Waals surface area contributed by atoms with Crippen molar-refractivity contribution in [3.63, 3.8) is 0 Å². The molecule has 0 fully saturated rings. The van der Waals surface area contributed by atoms with Gasteiger partial charge in [0.25, 0.3) is 5.91 Å². The van der Waals surface area contributed by atoms with Gasteiger partial charge in [-0.3, -0.25) is 4.79 Å². The maximum Gasteiger partial charge on any atom is 0.261 e. The average Bonchev–Trinajstić information content (AvgIpc) is 2.91. The second-order valence-electron chi connectivity index (χ2n) is 4.01. The molecule has 2 aromatic rings. The summed E-state index contributed by atoms with van der Waals surface area (Å²) < 4.78 is 6.55. The molecule has 1 aromatic heterocycles. The third kappa shape index (κ3) is 4.36. The number of nitrogens with one attached hydrogen (secondary N) is 1. The van der Waals surface area contributed by atoms with E-state index in [0.717, 1.165) is 9.35 Å². The van der Waals surface area contributed by atoms with Crippen molar-refractivity contribution < 1.29 is 9.53 Å². The summed E-state index contributed by atoms with van der Waals surface area (Å²) in [4.78, 5) is 13.0.